The van der Waals surface area contributed by atoms with E-state index in [-0.39, 0.29) is 0 Å². The Balaban J connectivity index is 0.000000531. The second-order valence-corrected chi connectivity index (χ2v) is 3.33. The summed E-state index contributed by atoms with van der Waals surface area (Å²) in [6, 6.07) is 1.84. The lowest BCUT2D eigenvalue weighted by Gasteiger charge is -2.14. The summed E-state index contributed by atoms with van der Waals surface area (Å²) in [5.74, 6) is 0.653. The summed E-state index contributed by atoms with van der Waals surface area (Å²) in [4.78, 5) is 10.2. The molecule has 3 nitrogen and oxygen atoms in total. The molecule has 0 bridgehead atoms. The highest BCUT2D eigenvalue weighted by atomic mass is 19.1. The standard InChI is InChI=1S/C9H12FN3.C2H6/c1-7-2-4-11-9(12-7)13-5-3-8(10)6-13;1-2/h2,4,8H,3,5-6H2,1H3;1-2H3. The fourth-order valence-electron chi connectivity index (χ4n) is 1.49. The SMILES string of the molecule is CC.Cc1ccnc(N2CCC(F)C2)n1. The summed E-state index contributed by atoms with van der Waals surface area (Å²) >= 11 is 0. The second kappa shape index (κ2) is 5.63. The van der Waals surface area contributed by atoms with E-state index >= 15 is 0 Å². The van der Waals surface area contributed by atoms with Crippen molar-refractivity contribution in [2.24, 2.45) is 0 Å². The van der Waals surface area contributed by atoms with E-state index in [1.54, 1.807) is 6.20 Å². The lowest BCUT2D eigenvalue weighted by molar-refractivity contribution is 0.364. The number of aryl methyl sites for hydroxylation is 1. The quantitative estimate of drug-likeness (QED) is 0.714. The molecule has 0 spiro atoms. The molecule has 4 heteroatoms. The Hall–Kier alpha value is -1.19. The summed E-state index contributed by atoms with van der Waals surface area (Å²) in [5.41, 5.74) is 0.923. The van der Waals surface area contributed by atoms with Crippen LogP contribution < -0.4 is 4.90 Å². The molecule has 0 N–H and O–H groups in total. The molecule has 1 atom stereocenters. The molecular weight excluding hydrogens is 193 g/mol. The van der Waals surface area contributed by atoms with Crippen LogP contribution in [0.4, 0.5) is 10.3 Å². The molecule has 1 saturated heterocycles. The maximum absolute atomic E-state index is 12.9. The van der Waals surface area contributed by atoms with E-state index in [9.17, 15) is 4.39 Å². The molecule has 84 valence electrons. The highest BCUT2D eigenvalue weighted by Crippen LogP contribution is 2.17. The number of anilines is 1. The zero-order valence-electron chi connectivity index (χ0n) is 9.57. The van der Waals surface area contributed by atoms with Crippen LogP contribution in [0.5, 0.6) is 0 Å². The maximum atomic E-state index is 12.9. The van der Waals surface area contributed by atoms with Gasteiger partial charge in [0.2, 0.25) is 5.95 Å². The van der Waals surface area contributed by atoms with Crippen LogP contribution in [0.25, 0.3) is 0 Å². The van der Waals surface area contributed by atoms with E-state index in [0.717, 1.165) is 12.2 Å². The first-order valence-corrected chi connectivity index (χ1v) is 5.44. The van der Waals surface area contributed by atoms with Gasteiger partial charge in [-0.3, -0.25) is 0 Å². The molecular formula is C11H18FN3. The van der Waals surface area contributed by atoms with Crippen molar-refractivity contribution < 1.29 is 4.39 Å². The van der Waals surface area contributed by atoms with Crippen molar-refractivity contribution in [2.45, 2.75) is 33.4 Å². The van der Waals surface area contributed by atoms with Crippen LogP contribution in [0.1, 0.15) is 26.0 Å². The summed E-state index contributed by atoms with van der Waals surface area (Å²) in [5, 5.41) is 0. The summed E-state index contributed by atoms with van der Waals surface area (Å²) in [6.45, 7) is 7.07. The first-order valence-electron chi connectivity index (χ1n) is 5.44. The normalized spacial score (nSPS) is 19.7. The Morgan fingerprint density at radius 3 is 2.73 bits per heavy atom. The van der Waals surface area contributed by atoms with Crippen LogP contribution in [0.15, 0.2) is 12.3 Å². The number of hydrogen-bond acceptors (Lipinski definition) is 3. The van der Waals surface area contributed by atoms with Crippen molar-refractivity contribution in [3.05, 3.63) is 18.0 Å². The molecule has 0 amide bonds. The van der Waals surface area contributed by atoms with Gasteiger partial charge < -0.3 is 4.90 Å². The Morgan fingerprint density at radius 2 is 2.20 bits per heavy atom. The predicted octanol–water partition coefficient (Wildman–Crippen LogP) is 2.36. The van der Waals surface area contributed by atoms with E-state index in [1.807, 2.05) is 31.7 Å². The largest absolute Gasteiger partial charge is 0.338 e. The fourth-order valence-corrected chi connectivity index (χ4v) is 1.49. The molecule has 1 fully saturated rings. The highest BCUT2D eigenvalue weighted by molar-refractivity contribution is 5.31. The third-order valence-electron chi connectivity index (χ3n) is 2.20. The number of alkyl halides is 1. The zero-order chi connectivity index (χ0) is 11.3. The van der Waals surface area contributed by atoms with Gasteiger partial charge in [-0.1, -0.05) is 13.8 Å². The van der Waals surface area contributed by atoms with Gasteiger partial charge in [-0.15, -0.1) is 0 Å². The Bertz CT molecular complexity index is 304. The van der Waals surface area contributed by atoms with Crippen molar-refractivity contribution in [2.75, 3.05) is 18.0 Å². The van der Waals surface area contributed by atoms with Crippen molar-refractivity contribution in [3.63, 3.8) is 0 Å². The summed E-state index contributed by atoms with van der Waals surface area (Å²) < 4.78 is 12.9. The van der Waals surface area contributed by atoms with Gasteiger partial charge in [0, 0.05) is 18.4 Å². The van der Waals surface area contributed by atoms with Crippen LogP contribution in [0, 0.1) is 6.92 Å². The Labute approximate surface area is 90.4 Å². The smallest absolute Gasteiger partial charge is 0.225 e. The number of halogens is 1. The third kappa shape index (κ3) is 3.15. The van der Waals surface area contributed by atoms with Crippen molar-refractivity contribution in [1.82, 2.24) is 9.97 Å². The van der Waals surface area contributed by atoms with Crippen LogP contribution in [0.2, 0.25) is 0 Å². The minimum atomic E-state index is -0.718. The van der Waals surface area contributed by atoms with Gasteiger partial charge in [0.15, 0.2) is 0 Å². The minimum Gasteiger partial charge on any atom is -0.338 e. The molecule has 1 aliphatic heterocycles. The molecule has 1 unspecified atom stereocenters. The van der Waals surface area contributed by atoms with Crippen LogP contribution >= 0.6 is 0 Å². The summed E-state index contributed by atoms with van der Waals surface area (Å²) in [7, 11) is 0. The van der Waals surface area contributed by atoms with Gasteiger partial charge in [0.05, 0.1) is 6.54 Å². The molecule has 0 aliphatic carbocycles. The van der Waals surface area contributed by atoms with Gasteiger partial charge in [0.1, 0.15) is 6.17 Å². The van der Waals surface area contributed by atoms with Crippen LogP contribution in [-0.4, -0.2) is 29.2 Å². The fraction of sp³-hybridized carbons (Fsp3) is 0.636. The molecule has 1 aliphatic rings. The maximum Gasteiger partial charge on any atom is 0.225 e. The molecule has 0 radical (unpaired) electrons. The lowest BCUT2D eigenvalue weighted by Crippen LogP contribution is -2.22. The predicted molar refractivity (Wildman–Crippen MR) is 59.8 cm³/mol. The van der Waals surface area contributed by atoms with Crippen LogP contribution in [-0.2, 0) is 0 Å². The number of aromatic nitrogens is 2. The molecule has 15 heavy (non-hydrogen) atoms. The monoisotopic (exact) mass is 211 g/mol. The van der Waals surface area contributed by atoms with Crippen molar-refractivity contribution >= 4 is 5.95 Å². The first-order chi connectivity index (χ1) is 7.25. The molecule has 2 rings (SSSR count). The first kappa shape index (κ1) is 11.9. The van der Waals surface area contributed by atoms with Gasteiger partial charge in [-0.25, -0.2) is 14.4 Å². The number of rotatable bonds is 1. The average molecular weight is 211 g/mol. The van der Waals surface area contributed by atoms with Crippen LogP contribution in [0.3, 0.4) is 0 Å². The molecule has 0 saturated carbocycles. The van der Waals surface area contributed by atoms with Gasteiger partial charge in [-0.2, -0.15) is 0 Å². The third-order valence-corrected chi connectivity index (χ3v) is 2.20. The minimum absolute atomic E-state index is 0.434. The highest BCUT2D eigenvalue weighted by Gasteiger charge is 2.23. The topological polar surface area (TPSA) is 29.0 Å². The lowest BCUT2D eigenvalue weighted by atomic mass is 10.3. The van der Waals surface area contributed by atoms with Crippen molar-refractivity contribution in [1.29, 1.82) is 0 Å². The molecule has 1 aromatic heterocycles. The summed E-state index contributed by atoms with van der Waals surface area (Å²) in [6.07, 6.45) is 1.59. The number of hydrogen-bond donors (Lipinski definition) is 0. The molecule has 1 aromatic rings. The van der Waals surface area contributed by atoms with E-state index in [0.29, 0.717) is 18.9 Å². The average Bonchev–Trinajstić information content (AvgIpc) is 2.68. The van der Waals surface area contributed by atoms with E-state index < -0.39 is 6.17 Å². The van der Waals surface area contributed by atoms with Gasteiger partial charge in [0.25, 0.3) is 0 Å². The second-order valence-electron chi connectivity index (χ2n) is 3.33. The van der Waals surface area contributed by atoms with Gasteiger partial charge in [-0.05, 0) is 19.4 Å². The van der Waals surface area contributed by atoms with Crippen molar-refractivity contribution in [3.8, 4) is 0 Å². The van der Waals surface area contributed by atoms with E-state index in [1.165, 1.54) is 0 Å². The van der Waals surface area contributed by atoms with E-state index in [2.05, 4.69) is 9.97 Å². The molecule has 0 aromatic carbocycles. The zero-order valence-corrected chi connectivity index (χ0v) is 9.57. The molecule has 2 heterocycles. The van der Waals surface area contributed by atoms with E-state index in [4.69, 9.17) is 0 Å². The Kier molecular flexibility index (Phi) is 4.46. The number of nitrogens with zero attached hydrogens (tertiary/aromatic N) is 3. The Morgan fingerprint density at radius 1 is 1.47 bits per heavy atom. The van der Waals surface area contributed by atoms with Gasteiger partial charge >= 0.3 is 0 Å².